The van der Waals surface area contributed by atoms with E-state index in [-0.39, 0.29) is 5.75 Å². The third-order valence-corrected chi connectivity index (χ3v) is 3.57. The summed E-state index contributed by atoms with van der Waals surface area (Å²) in [6, 6.07) is 11.3. The minimum atomic E-state index is -1.34. The van der Waals surface area contributed by atoms with Gasteiger partial charge in [0.2, 0.25) is 0 Å². The first-order valence-electron chi connectivity index (χ1n) is 7.52. The Balaban J connectivity index is 2.12. The number of hydrazone groups is 1. The molecule has 8 heteroatoms. The first-order chi connectivity index (χ1) is 12.4. The molecule has 7 nitrogen and oxygen atoms in total. The van der Waals surface area contributed by atoms with Crippen molar-refractivity contribution in [1.29, 1.82) is 0 Å². The van der Waals surface area contributed by atoms with Crippen molar-refractivity contribution >= 4 is 29.2 Å². The fraction of sp³-hybridized carbons (Fsp3) is 0.167. The third-order valence-electron chi connectivity index (χ3n) is 3.34. The highest BCUT2D eigenvalue weighted by molar-refractivity contribution is 6.30. The summed E-state index contributed by atoms with van der Waals surface area (Å²) in [5, 5.41) is 15.0. The van der Waals surface area contributed by atoms with Crippen molar-refractivity contribution in [2.24, 2.45) is 5.10 Å². The first-order valence-corrected chi connectivity index (χ1v) is 7.89. The molecule has 136 valence electrons. The van der Waals surface area contributed by atoms with Gasteiger partial charge in [0.15, 0.2) is 11.5 Å². The molecule has 0 aliphatic heterocycles. The second kappa shape index (κ2) is 8.87. The maximum absolute atomic E-state index is 12.1. The van der Waals surface area contributed by atoms with Crippen LogP contribution in [0.5, 0.6) is 11.5 Å². The van der Waals surface area contributed by atoms with Crippen LogP contribution in [-0.2, 0) is 4.79 Å². The number of halogens is 1. The summed E-state index contributed by atoms with van der Waals surface area (Å²) in [5.41, 5.74) is 4.02. The van der Waals surface area contributed by atoms with Crippen LogP contribution in [0.1, 0.15) is 22.8 Å². The molecule has 2 aromatic rings. The summed E-state index contributed by atoms with van der Waals surface area (Å²) in [5.74, 6) is -1.14. The number of aliphatic carboxylic acids is 1. The molecule has 0 saturated heterocycles. The van der Waals surface area contributed by atoms with Gasteiger partial charge in [-0.2, -0.15) is 5.10 Å². The third kappa shape index (κ3) is 5.22. The highest BCUT2D eigenvalue weighted by Crippen LogP contribution is 2.28. The number of carboxylic acids is 1. The molecular weight excluding hydrogens is 360 g/mol. The summed E-state index contributed by atoms with van der Waals surface area (Å²) in [7, 11) is 1.43. The molecule has 0 aromatic heterocycles. The zero-order valence-corrected chi connectivity index (χ0v) is 14.9. The van der Waals surface area contributed by atoms with Crippen molar-refractivity contribution in [2.75, 3.05) is 13.7 Å². The van der Waals surface area contributed by atoms with Crippen LogP contribution in [-0.4, -0.2) is 31.3 Å². The van der Waals surface area contributed by atoms with Crippen molar-refractivity contribution < 1.29 is 24.2 Å². The van der Waals surface area contributed by atoms with Crippen LogP contribution in [0.15, 0.2) is 47.6 Å². The van der Waals surface area contributed by atoms with Gasteiger partial charge < -0.3 is 19.4 Å². The Bertz CT molecular complexity index is 851. The lowest BCUT2D eigenvalue weighted by atomic mass is 10.1. The number of carbonyl (C=O) groups is 2. The molecule has 2 aromatic carbocycles. The smallest absolute Gasteiger partial charge is 0.271 e. The average molecular weight is 376 g/mol. The number of hydrogen-bond acceptors (Lipinski definition) is 6. The number of carboxylic acid groups (broad SMARTS) is 1. The van der Waals surface area contributed by atoms with Gasteiger partial charge >= 0.3 is 0 Å². The Kier molecular flexibility index (Phi) is 6.57. The highest BCUT2D eigenvalue weighted by atomic mass is 35.5. The lowest BCUT2D eigenvalue weighted by Crippen LogP contribution is -2.29. The van der Waals surface area contributed by atoms with Crippen molar-refractivity contribution in [1.82, 2.24) is 5.43 Å². The molecule has 0 unspecified atom stereocenters. The van der Waals surface area contributed by atoms with Crippen LogP contribution in [0.3, 0.4) is 0 Å². The Morgan fingerprint density at radius 3 is 2.58 bits per heavy atom. The van der Waals surface area contributed by atoms with Gasteiger partial charge in [-0.15, -0.1) is 0 Å². The monoisotopic (exact) mass is 375 g/mol. The van der Waals surface area contributed by atoms with E-state index in [1.807, 2.05) is 0 Å². The summed E-state index contributed by atoms with van der Waals surface area (Å²) < 4.78 is 10.3. The molecule has 0 bridgehead atoms. The molecule has 26 heavy (non-hydrogen) atoms. The fourth-order valence-electron chi connectivity index (χ4n) is 2.04. The van der Waals surface area contributed by atoms with Crippen LogP contribution in [0.4, 0.5) is 0 Å². The van der Waals surface area contributed by atoms with Gasteiger partial charge in [-0.3, -0.25) is 4.79 Å². The molecule has 2 rings (SSSR count). The van der Waals surface area contributed by atoms with Crippen molar-refractivity contribution in [3.63, 3.8) is 0 Å². The number of carbonyl (C=O) groups excluding carboxylic acids is 2. The molecule has 0 atom stereocenters. The zero-order valence-electron chi connectivity index (χ0n) is 14.1. The van der Waals surface area contributed by atoms with Crippen LogP contribution >= 0.6 is 11.6 Å². The van der Waals surface area contributed by atoms with Crippen molar-refractivity contribution in [3.8, 4) is 11.5 Å². The van der Waals surface area contributed by atoms with Crippen LogP contribution < -0.4 is 20.0 Å². The van der Waals surface area contributed by atoms with E-state index in [0.717, 1.165) is 0 Å². The first kappa shape index (κ1) is 19.3. The number of ether oxygens (including phenoxy) is 2. The predicted octanol–water partition coefficient (Wildman–Crippen LogP) is 1.63. The quantitative estimate of drug-likeness (QED) is 0.585. The van der Waals surface area contributed by atoms with E-state index in [0.29, 0.717) is 27.6 Å². The molecule has 0 heterocycles. The molecular formula is C18H16ClN2O5-. The second-order valence-electron chi connectivity index (χ2n) is 5.17. The molecule has 0 aliphatic carbocycles. The topological polar surface area (TPSA) is 100 Å². The van der Waals surface area contributed by atoms with Crippen LogP contribution in [0, 0.1) is 0 Å². The number of methoxy groups -OCH3 is 1. The Morgan fingerprint density at radius 1 is 1.15 bits per heavy atom. The normalized spacial score (nSPS) is 11.0. The van der Waals surface area contributed by atoms with Gasteiger partial charge in [0.1, 0.15) is 6.61 Å². The molecule has 0 saturated carbocycles. The van der Waals surface area contributed by atoms with E-state index < -0.39 is 18.5 Å². The van der Waals surface area contributed by atoms with Crippen LogP contribution in [0.25, 0.3) is 0 Å². The minimum absolute atomic E-state index is 0.260. The summed E-state index contributed by atoms with van der Waals surface area (Å²) in [4.78, 5) is 22.6. The Labute approximate surface area is 155 Å². The van der Waals surface area contributed by atoms with Gasteiger partial charge in [0.05, 0.1) is 18.8 Å². The minimum Gasteiger partial charge on any atom is -0.546 e. The van der Waals surface area contributed by atoms with E-state index in [1.165, 1.54) is 13.2 Å². The predicted molar refractivity (Wildman–Crippen MR) is 94.6 cm³/mol. The molecule has 0 spiro atoms. The van der Waals surface area contributed by atoms with Gasteiger partial charge in [0, 0.05) is 16.1 Å². The molecule has 1 amide bonds. The van der Waals surface area contributed by atoms with E-state index >= 15 is 0 Å². The molecule has 0 aliphatic rings. The lowest BCUT2D eigenvalue weighted by molar-refractivity contribution is -0.307. The van der Waals surface area contributed by atoms with E-state index in [1.54, 1.807) is 43.3 Å². The molecule has 0 radical (unpaired) electrons. The molecule has 0 fully saturated rings. The van der Waals surface area contributed by atoms with E-state index in [4.69, 9.17) is 21.1 Å². The van der Waals surface area contributed by atoms with E-state index in [9.17, 15) is 14.7 Å². The van der Waals surface area contributed by atoms with Crippen LogP contribution in [0.2, 0.25) is 5.02 Å². The summed E-state index contributed by atoms with van der Waals surface area (Å²) >= 11 is 5.86. The van der Waals surface area contributed by atoms with Crippen molar-refractivity contribution in [2.45, 2.75) is 6.92 Å². The van der Waals surface area contributed by atoms with E-state index in [2.05, 4.69) is 10.5 Å². The number of amides is 1. The second-order valence-corrected chi connectivity index (χ2v) is 5.61. The Morgan fingerprint density at radius 2 is 1.92 bits per heavy atom. The number of benzene rings is 2. The average Bonchev–Trinajstić information content (AvgIpc) is 2.63. The number of nitrogens with zero attached hydrogens (tertiary/aromatic N) is 1. The zero-order chi connectivity index (χ0) is 19.1. The fourth-order valence-corrected chi connectivity index (χ4v) is 2.23. The maximum Gasteiger partial charge on any atom is 0.271 e. The number of hydrogen-bond donors (Lipinski definition) is 1. The van der Waals surface area contributed by atoms with Gasteiger partial charge in [-0.05, 0) is 43.3 Å². The lowest BCUT2D eigenvalue weighted by Gasteiger charge is -2.12. The SMILES string of the molecule is COc1cc(/C(C)=N\NC(=O)c2cccc(Cl)c2)ccc1OCC(=O)[O-]. The largest absolute Gasteiger partial charge is 0.546 e. The van der Waals surface area contributed by atoms with Crippen molar-refractivity contribution in [3.05, 3.63) is 58.6 Å². The summed E-state index contributed by atoms with van der Waals surface area (Å²) in [6.45, 7) is 1.12. The molecule has 1 N–H and O–H groups in total. The van der Waals surface area contributed by atoms with Gasteiger partial charge in [0.25, 0.3) is 5.91 Å². The highest BCUT2D eigenvalue weighted by Gasteiger charge is 2.09. The Hall–Kier alpha value is -3.06. The van der Waals surface area contributed by atoms with Gasteiger partial charge in [-0.1, -0.05) is 17.7 Å². The standard InChI is InChI=1S/C18H17ClN2O5/c1-11(20-21-18(24)13-4-3-5-14(19)8-13)12-6-7-15(16(9-12)25-2)26-10-17(22)23/h3-9H,10H2,1-2H3,(H,21,24)(H,22,23)/p-1/b20-11-. The number of nitrogens with one attached hydrogen (secondary N) is 1. The maximum atomic E-state index is 12.1. The van der Waals surface area contributed by atoms with Gasteiger partial charge in [-0.25, -0.2) is 5.43 Å². The summed E-state index contributed by atoms with van der Waals surface area (Å²) in [6.07, 6.45) is 0. The number of rotatable bonds is 7.